The number of rotatable bonds is 14. The molecule has 1 aromatic heterocycles. The Morgan fingerprint density at radius 1 is 1.26 bits per heavy atom. The Bertz CT molecular complexity index is 564. The van der Waals surface area contributed by atoms with Crippen LogP contribution in [0.5, 0.6) is 0 Å². The first-order valence-electron chi connectivity index (χ1n) is 9.04. The van der Waals surface area contributed by atoms with Gasteiger partial charge in [-0.25, -0.2) is 4.98 Å². The number of aromatic nitrogens is 2. The molecule has 0 spiro atoms. The van der Waals surface area contributed by atoms with E-state index < -0.39 is 6.04 Å². The van der Waals surface area contributed by atoms with Gasteiger partial charge in [-0.3, -0.25) is 14.4 Å². The lowest BCUT2D eigenvalue weighted by molar-refractivity contribution is -0.145. The second kappa shape index (κ2) is 13.7. The first kappa shape index (κ1) is 22.6. The predicted molar refractivity (Wildman–Crippen MR) is 97.6 cm³/mol. The first-order valence-corrected chi connectivity index (χ1v) is 9.04. The summed E-state index contributed by atoms with van der Waals surface area (Å²) < 4.78 is 10.3. The molecule has 2 amide bonds. The molecular weight excluding hydrogens is 354 g/mol. The fourth-order valence-corrected chi connectivity index (χ4v) is 2.19. The third-order valence-electron chi connectivity index (χ3n) is 3.49. The molecule has 0 aliphatic heterocycles. The number of nitrogens with zero attached hydrogens (tertiary/aromatic N) is 1. The molecule has 0 aromatic carbocycles. The van der Waals surface area contributed by atoms with Crippen molar-refractivity contribution in [1.82, 2.24) is 20.6 Å². The average Bonchev–Trinajstić information content (AvgIpc) is 3.13. The molecule has 0 saturated carbocycles. The third kappa shape index (κ3) is 10.3. The second-order valence-electron chi connectivity index (χ2n) is 5.81. The van der Waals surface area contributed by atoms with Gasteiger partial charge in [-0.1, -0.05) is 6.92 Å². The van der Waals surface area contributed by atoms with Crippen molar-refractivity contribution in [2.45, 2.75) is 38.6 Å². The monoisotopic (exact) mass is 383 g/mol. The quantitative estimate of drug-likeness (QED) is 0.244. The molecule has 10 nitrogen and oxygen atoms in total. The minimum absolute atomic E-state index is 0.145. The average molecular weight is 383 g/mol. The smallest absolute Gasteiger partial charge is 0.305 e. The van der Waals surface area contributed by atoms with Gasteiger partial charge in [-0.15, -0.1) is 0 Å². The molecule has 1 atom stereocenters. The topological polar surface area (TPSA) is 148 Å². The molecule has 0 saturated heterocycles. The van der Waals surface area contributed by atoms with Gasteiger partial charge in [0, 0.05) is 44.2 Å². The number of imidazole rings is 1. The van der Waals surface area contributed by atoms with E-state index in [4.69, 9.17) is 15.2 Å². The maximum absolute atomic E-state index is 12.3. The van der Waals surface area contributed by atoms with Crippen molar-refractivity contribution in [2.24, 2.45) is 5.73 Å². The van der Waals surface area contributed by atoms with Crippen LogP contribution in [0.25, 0.3) is 0 Å². The van der Waals surface area contributed by atoms with E-state index in [2.05, 4.69) is 20.6 Å². The molecule has 0 fully saturated rings. The van der Waals surface area contributed by atoms with E-state index in [0.29, 0.717) is 6.42 Å². The molecule has 0 bridgehead atoms. The molecule has 27 heavy (non-hydrogen) atoms. The van der Waals surface area contributed by atoms with E-state index in [1.54, 1.807) is 6.20 Å². The molecule has 1 heterocycles. The minimum atomic E-state index is -0.737. The van der Waals surface area contributed by atoms with E-state index in [0.717, 1.165) is 12.1 Å². The molecule has 10 heteroatoms. The predicted octanol–water partition coefficient (Wildman–Crippen LogP) is -0.738. The zero-order valence-corrected chi connectivity index (χ0v) is 15.7. The molecule has 0 radical (unpaired) electrons. The van der Waals surface area contributed by atoms with E-state index in [1.807, 2.05) is 6.92 Å². The van der Waals surface area contributed by atoms with Crippen LogP contribution in [0.3, 0.4) is 0 Å². The van der Waals surface area contributed by atoms with E-state index >= 15 is 0 Å². The van der Waals surface area contributed by atoms with Gasteiger partial charge in [0.05, 0.1) is 19.5 Å². The van der Waals surface area contributed by atoms with Crippen molar-refractivity contribution in [2.75, 3.05) is 32.9 Å². The summed E-state index contributed by atoms with van der Waals surface area (Å²) in [7, 11) is 0. The fraction of sp³-hybridized carbons (Fsp3) is 0.647. The number of aromatic amines is 1. The SMILES string of the molecule is CCCC(=O)OCCOCCNC(=O)[C@H](Cc1cnc[nH]1)NC(=O)CCN. The molecule has 0 unspecified atom stereocenters. The summed E-state index contributed by atoms with van der Waals surface area (Å²) >= 11 is 0. The van der Waals surface area contributed by atoms with Crippen LogP contribution < -0.4 is 16.4 Å². The lowest BCUT2D eigenvalue weighted by Crippen LogP contribution is -2.49. The van der Waals surface area contributed by atoms with Gasteiger partial charge in [-0.2, -0.15) is 0 Å². The van der Waals surface area contributed by atoms with Crippen molar-refractivity contribution in [1.29, 1.82) is 0 Å². The number of carbonyl (C=O) groups excluding carboxylic acids is 3. The number of esters is 1. The normalized spacial score (nSPS) is 11.6. The summed E-state index contributed by atoms with van der Waals surface area (Å²) in [6, 6.07) is -0.737. The van der Waals surface area contributed by atoms with Crippen molar-refractivity contribution in [3.63, 3.8) is 0 Å². The van der Waals surface area contributed by atoms with Gasteiger partial charge in [0.2, 0.25) is 11.8 Å². The molecule has 5 N–H and O–H groups in total. The van der Waals surface area contributed by atoms with Crippen molar-refractivity contribution in [3.05, 3.63) is 18.2 Å². The Morgan fingerprint density at radius 3 is 2.74 bits per heavy atom. The maximum atomic E-state index is 12.3. The molecule has 0 aliphatic carbocycles. The van der Waals surface area contributed by atoms with Crippen molar-refractivity contribution >= 4 is 17.8 Å². The molecule has 1 aromatic rings. The Hall–Kier alpha value is -2.46. The van der Waals surface area contributed by atoms with Gasteiger partial charge in [0.1, 0.15) is 12.6 Å². The van der Waals surface area contributed by atoms with E-state index in [1.165, 1.54) is 6.33 Å². The lowest BCUT2D eigenvalue weighted by atomic mass is 10.1. The number of H-pyrrole nitrogens is 1. The van der Waals surface area contributed by atoms with Crippen LogP contribution >= 0.6 is 0 Å². The van der Waals surface area contributed by atoms with E-state index in [-0.39, 0.29) is 63.5 Å². The highest BCUT2D eigenvalue weighted by atomic mass is 16.6. The highest BCUT2D eigenvalue weighted by Gasteiger charge is 2.21. The Kier molecular flexibility index (Phi) is 11.5. The Labute approximate surface area is 158 Å². The van der Waals surface area contributed by atoms with Crippen LogP contribution in [0, 0.1) is 0 Å². The highest BCUT2D eigenvalue weighted by Crippen LogP contribution is 1.99. The molecular formula is C17H29N5O5. The van der Waals surface area contributed by atoms with Crippen molar-refractivity contribution in [3.8, 4) is 0 Å². The summed E-state index contributed by atoms with van der Waals surface area (Å²) in [4.78, 5) is 42.1. The van der Waals surface area contributed by atoms with Crippen LogP contribution in [-0.2, 0) is 30.3 Å². The van der Waals surface area contributed by atoms with Gasteiger partial charge < -0.3 is 30.8 Å². The number of nitrogens with one attached hydrogen (secondary N) is 3. The first-order chi connectivity index (χ1) is 13.1. The summed E-state index contributed by atoms with van der Waals surface area (Å²) in [5.74, 6) is -0.862. The van der Waals surface area contributed by atoms with Gasteiger partial charge in [-0.05, 0) is 6.42 Å². The number of amides is 2. The molecule has 152 valence electrons. The number of ether oxygens (including phenoxy) is 2. The van der Waals surface area contributed by atoms with Crippen LogP contribution in [0.1, 0.15) is 31.9 Å². The summed E-state index contributed by atoms with van der Waals surface area (Å²) in [6.45, 7) is 3.10. The van der Waals surface area contributed by atoms with Gasteiger partial charge in [0.25, 0.3) is 0 Å². The standard InChI is InChI=1S/C17H29N5O5/c1-2-3-16(24)27-9-8-26-7-6-20-17(25)14(22-15(23)4-5-18)10-13-11-19-12-21-13/h11-12,14H,2-10,18H2,1H3,(H,19,21)(H,20,25)(H,22,23)/t14-/m0/s1. The lowest BCUT2D eigenvalue weighted by Gasteiger charge is -2.18. The van der Waals surface area contributed by atoms with Crippen molar-refractivity contribution < 1.29 is 23.9 Å². The summed E-state index contributed by atoms with van der Waals surface area (Å²) in [5, 5.41) is 5.38. The second-order valence-corrected chi connectivity index (χ2v) is 5.81. The van der Waals surface area contributed by atoms with Crippen LogP contribution in [-0.4, -0.2) is 66.7 Å². The highest BCUT2D eigenvalue weighted by molar-refractivity contribution is 5.87. The van der Waals surface area contributed by atoms with Gasteiger partial charge in [0.15, 0.2) is 0 Å². The van der Waals surface area contributed by atoms with Crippen LogP contribution in [0.15, 0.2) is 12.5 Å². The summed E-state index contributed by atoms with van der Waals surface area (Å²) in [6.07, 6.45) is 4.67. The number of carbonyl (C=O) groups is 3. The molecule has 1 rings (SSSR count). The zero-order chi connectivity index (χ0) is 19.9. The maximum Gasteiger partial charge on any atom is 0.305 e. The van der Waals surface area contributed by atoms with Crippen LogP contribution in [0.2, 0.25) is 0 Å². The molecule has 0 aliphatic rings. The fourth-order valence-electron chi connectivity index (χ4n) is 2.19. The minimum Gasteiger partial charge on any atom is -0.463 e. The Morgan fingerprint density at radius 2 is 2.07 bits per heavy atom. The number of hydrogen-bond acceptors (Lipinski definition) is 7. The van der Waals surface area contributed by atoms with E-state index in [9.17, 15) is 14.4 Å². The number of nitrogens with two attached hydrogens (primary N) is 1. The van der Waals surface area contributed by atoms with Crippen LogP contribution in [0.4, 0.5) is 0 Å². The largest absolute Gasteiger partial charge is 0.463 e. The summed E-state index contributed by atoms with van der Waals surface area (Å²) in [5.41, 5.74) is 6.10. The third-order valence-corrected chi connectivity index (χ3v) is 3.49. The zero-order valence-electron chi connectivity index (χ0n) is 15.7. The number of hydrogen-bond donors (Lipinski definition) is 4. The van der Waals surface area contributed by atoms with Gasteiger partial charge >= 0.3 is 5.97 Å². The Balaban J connectivity index is 2.29.